The summed E-state index contributed by atoms with van der Waals surface area (Å²) in [6, 6.07) is 0. The van der Waals surface area contributed by atoms with E-state index in [1.807, 2.05) is 18.9 Å². The van der Waals surface area contributed by atoms with Gasteiger partial charge in [-0.3, -0.25) is 9.69 Å². The molecule has 1 fully saturated rings. The first-order chi connectivity index (χ1) is 4.13. The van der Waals surface area contributed by atoms with E-state index in [4.69, 9.17) is 5.73 Å². The molecule has 0 aromatic rings. The number of nitrogens with two attached hydrogens (primary N) is 1. The maximum atomic E-state index is 10.9. The second-order valence-electron chi connectivity index (χ2n) is 2.66. The predicted molar refractivity (Wildman–Crippen MR) is 34.8 cm³/mol. The second-order valence-corrected chi connectivity index (χ2v) is 2.66. The van der Waals surface area contributed by atoms with E-state index in [1.54, 1.807) is 0 Å². The zero-order chi connectivity index (χ0) is 7.02. The summed E-state index contributed by atoms with van der Waals surface area (Å²) >= 11 is 0. The Kier molecular flexibility index (Phi) is 1.55. The van der Waals surface area contributed by atoms with Crippen molar-refractivity contribution in [1.29, 1.82) is 0 Å². The second kappa shape index (κ2) is 2.08. The van der Waals surface area contributed by atoms with Crippen molar-refractivity contribution in [3.8, 4) is 0 Å². The van der Waals surface area contributed by atoms with Crippen LogP contribution >= 0.6 is 0 Å². The van der Waals surface area contributed by atoms with Crippen molar-refractivity contribution in [1.82, 2.24) is 4.90 Å². The molecule has 0 aromatic carbocycles. The van der Waals surface area contributed by atoms with Crippen molar-refractivity contribution in [2.75, 3.05) is 13.6 Å². The summed E-state index contributed by atoms with van der Waals surface area (Å²) in [4.78, 5) is 12.7. The highest BCUT2D eigenvalue weighted by atomic mass is 16.1. The van der Waals surface area contributed by atoms with Crippen molar-refractivity contribution < 1.29 is 4.79 Å². The number of carbonyl (C=O) groups excluding carboxylic acids is 1. The molecule has 2 N–H and O–H groups in total. The Morgan fingerprint density at radius 2 is 2.33 bits per heavy atom. The lowest BCUT2D eigenvalue weighted by Crippen LogP contribution is -2.36. The third-order valence-corrected chi connectivity index (χ3v) is 1.93. The van der Waals surface area contributed by atoms with Crippen LogP contribution in [0.25, 0.3) is 0 Å². The van der Waals surface area contributed by atoms with E-state index < -0.39 is 0 Å². The van der Waals surface area contributed by atoms with Gasteiger partial charge in [0.1, 0.15) is 0 Å². The Morgan fingerprint density at radius 3 is 2.44 bits per heavy atom. The number of hydrogen-bond donors (Lipinski definition) is 1. The number of carbonyl (C=O) groups is 1. The standard InChI is InChI=1S/C6H12N2O/c1-4-5(9)3-8(2)6(4)7/h4,6H,3,7H2,1-2H3. The van der Waals surface area contributed by atoms with Crippen LogP contribution in [0.2, 0.25) is 0 Å². The molecule has 1 aliphatic rings. The van der Waals surface area contributed by atoms with Crippen LogP contribution in [0.15, 0.2) is 0 Å². The smallest absolute Gasteiger partial charge is 0.152 e. The number of nitrogens with zero attached hydrogens (tertiary/aromatic N) is 1. The first-order valence-electron chi connectivity index (χ1n) is 3.11. The molecule has 0 amide bonds. The zero-order valence-electron chi connectivity index (χ0n) is 5.79. The summed E-state index contributed by atoms with van der Waals surface area (Å²) < 4.78 is 0. The molecule has 0 radical (unpaired) electrons. The van der Waals surface area contributed by atoms with Crippen molar-refractivity contribution in [3.63, 3.8) is 0 Å². The Bertz CT molecular complexity index is 135. The van der Waals surface area contributed by atoms with Crippen molar-refractivity contribution in [2.45, 2.75) is 13.1 Å². The van der Waals surface area contributed by atoms with Gasteiger partial charge in [0.05, 0.1) is 12.7 Å². The SMILES string of the molecule is CC1C(=O)CN(C)C1N. The maximum Gasteiger partial charge on any atom is 0.152 e. The minimum absolute atomic E-state index is 0.0231. The predicted octanol–water partition coefficient (Wildman–Crippen LogP) is -0.578. The summed E-state index contributed by atoms with van der Waals surface area (Å²) in [6.45, 7) is 2.39. The Labute approximate surface area is 54.8 Å². The maximum absolute atomic E-state index is 10.9. The third-order valence-electron chi connectivity index (χ3n) is 1.93. The van der Waals surface area contributed by atoms with Crippen molar-refractivity contribution in [2.24, 2.45) is 11.7 Å². The first kappa shape index (κ1) is 6.71. The molecule has 0 saturated carbocycles. The minimum atomic E-state index is -0.0579. The highest BCUT2D eigenvalue weighted by Gasteiger charge is 2.32. The Balaban J connectivity index is 2.65. The Morgan fingerprint density at radius 1 is 1.78 bits per heavy atom. The van der Waals surface area contributed by atoms with Crippen LogP contribution in [-0.2, 0) is 4.79 Å². The summed E-state index contributed by atoms with van der Waals surface area (Å²) in [6.07, 6.45) is -0.0579. The molecular formula is C6H12N2O. The highest BCUT2D eigenvalue weighted by Crippen LogP contribution is 2.13. The third kappa shape index (κ3) is 0.976. The van der Waals surface area contributed by atoms with E-state index in [1.165, 1.54) is 0 Å². The number of rotatable bonds is 0. The number of ketones is 1. The van der Waals surface area contributed by atoms with Gasteiger partial charge in [-0.1, -0.05) is 6.92 Å². The fourth-order valence-electron chi connectivity index (χ4n) is 1.07. The molecule has 1 saturated heterocycles. The molecule has 1 aliphatic heterocycles. The molecule has 52 valence electrons. The van der Waals surface area contributed by atoms with E-state index in [2.05, 4.69) is 0 Å². The van der Waals surface area contributed by atoms with Crippen LogP contribution in [0, 0.1) is 5.92 Å². The number of likely N-dealkylation sites (tertiary alicyclic amines) is 1. The average molecular weight is 128 g/mol. The lowest BCUT2D eigenvalue weighted by atomic mass is 10.1. The number of likely N-dealkylation sites (N-methyl/N-ethyl adjacent to an activating group) is 1. The molecule has 0 bridgehead atoms. The van der Waals surface area contributed by atoms with Crippen molar-refractivity contribution in [3.05, 3.63) is 0 Å². The zero-order valence-corrected chi connectivity index (χ0v) is 5.79. The largest absolute Gasteiger partial charge is 0.315 e. The van der Waals surface area contributed by atoms with Crippen LogP contribution in [0.3, 0.4) is 0 Å². The number of hydrogen-bond acceptors (Lipinski definition) is 3. The molecule has 1 heterocycles. The van der Waals surface area contributed by atoms with Gasteiger partial charge >= 0.3 is 0 Å². The van der Waals surface area contributed by atoms with Gasteiger partial charge in [0.25, 0.3) is 0 Å². The lowest BCUT2D eigenvalue weighted by Gasteiger charge is -2.14. The molecule has 0 aromatic heterocycles. The van der Waals surface area contributed by atoms with Crippen LogP contribution in [-0.4, -0.2) is 30.4 Å². The summed E-state index contributed by atoms with van der Waals surface area (Å²) in [5, 5.41) is 0. The monoisotopic (exact) mass is 128 g/mol. The van der Waals surface area contributed by atoms with Gasteiger partial charge < -0.3 is 5.73 Å². The van der Waals surface area contributed by atoms with Crippen LogP contribution in [0.5, 0.6) is 0 Å². The average Bonchev–Trinajstić information content (AvgIpc) is 1.98. The van der Waals surface area contributed by atoms with Gasteiger partial charge in [0, 0.05) is 5.92 Å². The Hall–Kier alpha value is -0.410. The van der Waals surface area contributed by atoms with Gasteiger partial charge in [0.15, 0.2) is 5.78 Å². The van der Waals surface area contributed by atoms with E-state index in [0.29, 0.717) is 6.54 Å². The molecule has 2 atom stereocenters. The fraction of sp³-hybridized carbons (Fsp3) is 0.833. The van der Waals surface area contributed by atoms with Gasteiger partial charge in [-0.05, 0) is 7.05 Å². The molecular weight excluding hydrogens is 116 g/mol. The van der Waals surface area contributed by atoms with Crippen LogP contribution in [0.1, 0.15) is 6.92 Å². The van der Waals surface area contributed by atoms with Crippen LogP contribution in [0.4, 0.5) is 0 Å². The van der Waals surface area contributed by atoms with E-state index in [9.17, 15) is 4.79 Å². The topological polar surface area (TPSA) is 46.3 Å². The molecule has 1 rings (SSSR count). The van der Waals surface area contributed by atoms with Gasteiger partial charge in [-0.15, -0.1) is 0 Å². The molecule has 3 heteroatoms. The molecule has 3 nitrogen and oxygen atoms in total. The van der Waals surface area contributed by atoms with Gasteiger partial charge in [-0.25, -0.2) is 0 Å². The highest BCUT2D eigenvalue weighted by molar-refractivity contribution is 5.85. The minimum Gasteiger partial charge on any atom is -0.315 e. The molecule has 2 unspecified atom stereocenters. The number of Topliss-reactive ketones (excluding diaryl/α,β-unsaturated/α-hetero) is 1. The lowest BCUT2D eigenvalue weighted by molar-refractivity contribution is -0.119. The van der Waals surface area contributed by atoms with E-state index in [-0.39, 0.29) is 17.9 Å². The molecule has 0 spiro atoms. The quantitative estimate of drug-likeness (QED) is 0.475. The normalized spacial score (nSPS) is 37.9. The molecule has 9 heavy (non-hydrogen) atoms. The summed E-state index contributed by atoms with van der Waals surface area (Å²) in [5.74, 6) is 0.278. The van der Waals surface area contributed by atoms with Crippen molar-refractivity contribution >= 4 is 5.78 Å². The fourth-order valence-corrected chi connectivity index (χ4v) is 1.07. The van der Waals surface area contributed by atoms with E-state index >= 15 is 0 Å². The van der Waals surface area contributed by atoms with E-state index in [0.717, 1.165) is 0 Å². The van der Waals surface area contributed by atoms with Crippen LogP contribution < -0.4 is 5.73 Å². The van der Waals surface area contributed by atoms with Gasteiger partial charge in [0.2, 0.25) is 0 Å². The summed E-state index contributed by atoms with van der Waals surface area (Å²) in [5.41, 5.74) is 5.62. The van der Waals surface area contributed by atoms with Gasteiger partial charge in [-0.2, -0.15) is 0 Å². The first-order valence-corrected chi connectivity index (χ1v) is 3.11. The molecule has 0 aliphatic carbocycles. The summed E-state index contributed by atoms with van der Waals surface area (Å²) in [7, 11) is 1.87.